The lowest BCUT2D eigenvalue weighted by Gasteiger charge is -2.08. The molecule has 0 spiro atoms. The third-order valence-corrected chi connectivity index (χ3v) is 3.19. The molecule has 2 rings (SSSR count). The van der Waals surface area contributed by atoms with Gasteiger partial charge < -0.3 is 10.1 Å². The van der Waals surface area contributed by atoms with Crippen LogP contribution in [0.1, 0.15) is 31.0 Å². The molecule has 20 heavy (non-hydrogen) atoms. The van der Waals surface area contributed by atoms with Gasteiger partial charge in [-0.05, 0) is 31.0 Å². The molecule has 0 unspecified atom stereocenters. The number of nitrogens with zero attached hydrogens (tertiary/aromatic N) is 2. The Balaban J connectivity index is 1.86. The minimum absolute atomic E-state index is 0.793. The van der Waals surface area contributed by atoms with Gasteiger partial charge in [0, 0.05) is 19.8 Å². The van der Waals surface area contributed by atoms with Gasteiger partial charge in [-0.3, -0.25) is 4.68 Å². The summed E-state index contributed by atoms with van der Waals surface area (Å²) in [7, 11) is 1.93. The monoisotopic (exact) mass is 273 g/mol. The maximum Gasteiger partial charge on any atom is 0.119 e. The second-order valence-corrected chi connectivity index (χ2v) is 5.00. The van der Waals surface area contributed by atoms with Crippen LogP contribution >= 0.6 is 0 Å². The summed E-state index contributed by atoms with van der Waals surface area (Å²) in [6, 6.07) is 8.26. The number of unbranched alkanes of at least 4 members (excludes halogenated alkanes) is 1. The van der Waals surface area contributed by atoms with E-state index in [9.17, 15) is 0 Å². The Kier molecular flexibility index (Phi) is 5.04. The molecule has 108 valence electrons. The number of ether oxygens (including phenoxy) is 1. The molecule has 1 heterocycles. The van der Waals surface area contributed by atoms with Crippen molar-refractivity contribution in [2.45, 2.75) is 33.2 Å². The fourth-order valence-electron chi connectivity index (χ4n) is 2.01. The van der Waals surface area contributed by atoms with Crippen LogP contribution < -0.4 is 10.1 Å². The third-order valence-electron chi connectivity index (χ3n) is 3.19. The van der Waals surface area contributed by atoms with Gasteiger partial charge in [0.05, 0.1) is 18.0 Å². The van der Waals surface area contributed by atoms with E-state index in [0.717, 1.165) is 43.1 Å². The van der Waals surface area contributed by atoms with Crippen molar-refractivity contribution in [1.29, 1.82) is 0 Å². The van der Waals surface area contributed by atoms with Crippen LogP contribution in [0.2, 0.25) is 0 Å². The zero-order valence-corrected chi connectivity index (χ0v) is 12.5. The molecular formula is C16H23N3O. The predicted octanol–water partition coefficient (Wildman–Crippen LogP) is 3.52. The van der Waals surface area contributed by atoms with Crippen LogP contribution in [-0.4, -0.2) is 16.4 Å². The number of hydrogen-bond acceptors (Lipinski definition) is 3. The van der Waals surface area contributed by atoms with E-state index in [1.165, 1.54) is 5.56 Å². The van der Waals surface area contributed by atoms with E-state index in [0.29, 0.717) is 0 Å². The number of rotatable bonds is 7. The van der Waals surface area contributed by atoms with Crippen molar-refractivity contribution in [3.05, 3.63) is 41.7 Å². The molecule has 0 fully saturated rings. The molecule has 0 radical (unpaired) electrons. The summed E-state index contributed by atoms with van der Waals surface area (Å²) in [6.07, 6.45) is 4.26. The van der Waals surface area contributed by atoms with Crippen LogP contribution in [0.3, 0.4) is 0 Å². The number of aryl methyl sites for hydroxylation is 2. The summed E-state index contributed by atoms with van der Waals surface area (Å²) in [6.45, 7) is 5.76. The topological polar surface area (TPSA) is 39.1 Å². The average molecular weight is 273 g/mol. The van der Waals surface area contributed by atoms with Gasteiger partial charge in [-0.1, -0.05) is 25.5 Å². The molecule has 0 aliphatic carbocycles. The van der Waals surface area contributed by atoms with Gasteiger partial charge in [0.15, 0.2) is 0 Å². The molecule has 2 aromatic rings. The van der Waals surface area contributed by atoms with Crippen molar-refractivity contribution < 1.29 is 4.74 Å². The quantitative estimate of drug-likeness (QED) is 0.784. The first-order chi connectivity index (χ1) is 9.69. The fourth-order valence-corrected chi connectivity index (χ4v) is 2.01. The smallest absolute Gasteiger partial charge is 0.119 e. The van der Waals surface area contributed by atoms with Crippen molar-refractivity contribution >= 4 is 5.69 Å². The Morgan fingerprint density at radius 1 is 1.25 bits per heavy atom. The van der Waals surface area contributed by atoms with Crippen molar-refractivity contribution in [2.24, 2.45) is 7.05 Å². The van der Waals surface area contributed by atoms with E-state index in [4.69, 9.17) is 4.74 Å². The molecule has 1 aromatic heterocycles. The lowest BCUT2D eigenvalue weighted by molar-refractivity contribution is 0.309. The Morgan fingerprint density at radius 2 is 2.00 bits per heavy atom. The Labute approximate surface area is 120 Å². The summed E-state index contributed by atoms with van der Waals surface area (Å²) in [5.41, 5.74) is 3.33. The first-order valence-electron chi connectivity index (χ1n) is 7.15. The molecule has 4 heteroatoms. The zero-order valence-electron chi connectivity index (χ0n) is 12.5. The molecule has 1 aromatic carbocycles. The third kappa shape index (κ3) is 4.02. The van der Waals surface area contributed by atoms with E-state index in [1.807, 2.05) is 37.0 Å². The van der Waals surface area contributed by atoms with Crippen LogP contribution in [0.25, 0.3) is 0 Å². The first kappa shape index (κ1) is 14.4. The molecule has 4 nitrogen and oxygen atoms in total. The normalized spacial score (nSPS) is 10.6. The largest absolute Gasteiger partial charge is 0.494 e. The van der Waals surface area contributed by atoms with E-state index in [2.05, 4.69) is 29.5 Å². The van der Waals surface area contributed by atoms with Crippen LogP contribution in [0.5, 0.6) is 5.75 Å². The summed E-state index contributed by atoms with van der Waals surface area (Å²) >= 11 is 0. The maximum absolute atomic E-state index is 5.65. The number of nitrogens with one attached hydrogen (secondary N) is 1. The highest BCUT2D eigenvalue weighted by Crippen LogP contribution is 2.16. The highest BCUT2D eigenvalue weighted by atomic mass is 16.5. The second-order valence-electron chi connectivity index (χ2n) is 5.00. The number of hydrogen-bond donors (Lipinski definition) is 1. The molecule has 0 aliphatic rings. The Hall–Kier alpha value is -1.97. The molecule has 0 bridgehead atoms. The van der Waals surface area contributed by atoms with E-state index < -0.39 is 0 Å². The van der Waals surface area contributed by atoms with Gasteiger partial charge in [-0.25, -0.2) is 0 Å². The molecule has 0 amide bonds. The molecule has 0 atom stereocenters. The molecule has 0 saturated carbocycles. The molecular weight excluding hydrogens is 250 g/mol. The van der Waals surface area contributed by atoms with Crippen LogP contribution in [0.4, 0.5) is 5.69 Å². The zero-order chi connectivity index (χ0) is 14.4. The van der Waals surface area contributed by atoms with Gasteiger partial charge in [0.2, 0.25) is 0 Å². The minimum Gasteiger partial charge on any atom is -0.494 e. The predicted molar refractivity (Wildman–Crippen MR) is 82.1 cm³/mol. The van der Waals surface area contributed by atoms with Gasteiger partial charge in [0.25, 0.3) is 0 Å². The van der Waals surface area contributed by atoms with Gasteiger partial charge in [0.1, 0.15) is 5.75 Å². The number of benzene rings is 1. The Morgan fingerprint density at radius 3 is 2.60 bits per heavy atom. The summed E-state index contributed by atoms with van der Waals surface area (Å²) < 4.78 is 7.47. The van der Waals surface area contributed by atoms with E-state index >= 15 is 0 Å². The maximum atomic E-state index is 5.65. The number of anilines is 1. The van der Waals surface area contributed by atoms with Crippen LogP contribution in [-0.2, 0) is 13.6 Å². The summed E-state index contributed by atoms with van der Waals surface area (Å²) in [5, 5.41) is 7.71. The highest BCUT2D eigenvalue weighted by molar-refractivity contribution is 5.46. The average Bonchev–Trinajstić information content (AvgIpc) is 2.76. The highest BCUT2D eigenvalue weighted by Gasteiger charge is 2.02. The lowest BCUT2D eigenvalue weighted by Crippen LogP contribution is -2.00. The van der Waals surface area contributed by atoms with Crippen molar-refractivity contribution in [1.82, 2.24) is 9.78 Å². The SMILES string of the molecule is CCCCOc1ccc(CNc2cn(C)nc2C)cc1. The summed E-state index contributed by atoms with van der Waals surface area (Å²) in [4.78, 5) is 0. The van der Waals surface area contributed by atoms with Crippen LogP contribution in [0.15, 0.2) is 30.5 Å². The van der Waals surface area contributed by atoms with Gasteiger partial charge in [-0.15, -0.1) is 0 Å². The number of aromatic nitrogens is 2. The first-order valence-corrected chi connectivity index (χ1v) is 7.15. The van der Waals surface area contributed by atoms with Crippen LogP contribution in [0, 0.1) is 6.92 Å². The summed E-state index contributed by atoms with van der Waals surface area (Å²) in [5.74, 6) is 0.944. The molecule has 1 N–H and O–H groups in total. The van der Waals surface area contributed by atoms with Gasteiger partial charge in [-0.2, -0.15) is 5.10 Å². The van der Waals surface area contributed by atoms with Gasteiger partial charge >= 0.3 is 0 Å². The lowest BCUT2D eigenvalue weighted by atomic mass is 10.2. The minimum atomic E-state index is 0.793. The van der Waals surface area contributed by atoms with Crippen molar-refractivity contribution in [2.75, 3.05) is 11.9 Å². The van der Waals surface area contributed by atoms with E-state index in [1.54, 1.807) is 0 Å². The molecule has 0 aliphatic heterocycles. The standard InChI is InChI=1S/C16H23N3O/c1-4-5-10-20-15-8-6-14(7-9-15)11-17-16-12-19(3)18-13(16)2/h6-9,12,17H,4-5,10-11H2,1-3H3. The Bertz CT molecular complexity index is 531. The fraction of sp³-hybridized carbons (Fsp3) is 0.438. The second kappa shape index (κ2) is 6.98. The van der Waals surface area contributed by atoms with E-state index in [-0.39, 0.29) is 0 Å². The molecule has 0 saturated heterocycles. The van der Waals surface area contributed by atoms with Crippen molar-refractivity contribution in [3.63, 3.8) is 0 Å². The van der Waals surface area contributed by atoms with Crippen molar-refractivity contribution in [3.8, 4) is 5.75 Å².